The molecule has 0 spiro atoms. The molecule has 0 amide bonds. The number of hydrogen-bond acceptors (Lipinski definition) is 2. The summed E-state index contributed by atoms with van der Waals surface area (Å²) < 4.78 is 0.844. The third kappa shape index (κ3) is 14.8. The predicted octanol–water partition coefficient (Wildman–Crippen LogP) is -1.61. The molecular weight excluding hydrogens is 266 g/mol. The number of nitrogens with zero attached hydrogens (tertiary/aromatic N) is 1. The molecule has 1 rings (SSSR count). The zero-order valence-electron chi connectivity index (χ0n) is 11.8. The van der Waals surface area contributed by atoms with Gasteiger partial charge in [0.2, 0.25) is 0 Å². The molecule has 2 N–H and O–H groups in total. The van der Waals surface area contributed by atoms with Gasteiger partial charge in [-0.25, -0.2) is 0 Å². The van der Waals surface area contributed by atoms with Crippen molar-refractivity contribution in [3.63, 3.8) is 0 Å². The Balaban J connectivity index is 0. The Kier molecular flexibility index (Phi) is 11.5. The van der Waals surface area contributed by atoms with E-state index in [4.69, 9.17) is 10.2 Å². The van der Waals surface area contributed by atoms with Crippen molar-refractivity contribution in [3.8, 4) is 0 Å². The van der Waals surface area contributed by atoms with Crippen LogP contribution in [0.1, 0.15) is 12.0 Å². The first-order valence-corrected chi connectivity index (χ1v) is 6.02. The first-order chi connectivity index (χ1) is 8.35. The number of hydrogen-bond donors (Lipinski definition) is 2. The SMILES string of the molecule is C[N+](C)(C)CCO.O=C(O)CCc1ccccc1.[Cl-]. The highest BCUT2D eigenvalue weighted by Crippen LogP contribution is 2.01. The van der Waals surface area contributed by atoms with Crippen molar-refractivity contribution in [1.29, 1.82) is 0 Å². The quantitative estimate of drug-likeness (QED) is 0.642. The lowest BCUT2D eigenvalue weighted by atomic mass is 10.1. The molecule has 0 saturated heterocycles. The molecule has 5 heteroatoms. The number of carboxylic acids is 1. The van der Waals surface area contributed by atoms with Crippen LogP contribution in [0, 0.1) is 0 Å². The molecule has 0 bridgehead atoms. The van der Waals surface area contributed by atoms with Gasteiger partial charge in [-0.1, -0.05) is 30.3 Å². The summed E-state index contributed by atoms with van der Waals surface area (Å²) in [5.74, 6) is -0.742. The zero-order valence-corrected chi connectivity index (χ0v) is 12.6. The summed E-state index contributed by atoms with van der Waals surface area (Å²) in [7, 11) is 6.16. The van der Waals surface area contributed by atoms with Crippen LogP contribution in [0.25, 0.3) is 0 Å². The van der Waals surface area contributed by atoms with Crippen molar-refractivity contribution in [1.82, 2.24) is 0 Å². The van der Waals surface area contributed by atoms with E-state index in [9.17, 15) is 4.79 Å². The molecule has 0 radical (unpaired) electrons. The van der Waals surface area contributed by atoms with Crippen molar-refractivity contribution in [2.45, 2.75) is 12.8 Å². The smallest absolute Gasteiger partial charge is 0.303 e. The summed E-state index contributed by atoms with van der Waals surface area (Å²) in [6.45, 7) is 1.11. The number of halogens is 1. The van der Waals surface area contributed by atoms with Gasteiger partial charge in [0, 0.05) is 6.42 Å². The lowest BCUT2D eigenvalue weighted by molar-refractivity contribution is -0.870. The molecule has 4 nitrogen and oxygen atoms in total. The molecule has 1 aromatic carbocycles. The first kappa shape index (κ1) is 20.2. The molecular formula is C14H24ClNO3. The van der Waals surface area contributed by atoms with Crippen LogP contribution in [0.3, 0.4) is 0 Å². The van der Waals surface area contributed by atoms with Gasteiger partial charge in [0.25, 0.3) is 0 Å². The van der Waals surface area contributed by atoms with Crippen LogP contribution in [-0.4, -0.2) is 55.0 Å². The monoisotopic (exact) mass is 289 g/mol. The van der Waals surface area contributed by atoms with Gasteiger partial charge in [-0.15, -0.1) is 0 Å². The highest BCUT2D eigenvalue weighted by Gasteiger charge is 2.02. The Morgan fingerprint density at radius 3 is 2.00 bits per heavy atom. The first-order valence-electron chi connectivity index (χ1n) is 6.02. The molecule has 110 valence electrons. The Bertz CT molecular complexity index is 336. The number of aryl methyl sites for hydroxylation is 1. The summed E-state index contributed by atoms with van der Waals surface area (Å²) in [4.78, 5) is 10.2. The van der Waals surface area contributed by atoms with Crippen molar-refractivity contribution in [2.75, 3.05) is 34.3 Å². The van der Waals surface area contributed by atoms with E-state index in [-0.39, 0.29) is 25.4 Å². The molecule has 0 unspecified atom stereocenters. The Labute approximate surface area is 121 Å². The number of quaternary nitrogens is 1. The zero-order chi connectivity index (χ0) is 14.0. The average molecular weight is 290 g/mol. The molecule has 0 heterocycles. The number of likely N-dealkylation sites (N-methyl/N-ethyl adjacent to an activating group) is 1. The lowest BCUT2D eigenvalue weighted by Gasteiger charge is -2.21. The molecule has 0 aliphatic carbocycles. The number of carboxylic acid groups (broad SMARTS) is 1. The fraction of sp³-hybridized carbons (Fsp3) is 0.500. The van der Waals surface area contributed by atoms with Gasteiger partial charge in [-0.05, 0) is 12.0 Å². The minimum Gasteiger partial charge on any atom is -1.00 e. The van der Waals surface area contributed by atoms with Crippen molar-refractivity contribution in [2.24, 2.45) is 0 Å². The van der Waals surface area contributed by atoms with E-state index in [1.807, 2.05) is 30.3 Å². The average Bonchev–Trinajstić information content (AvgIpc) is 2.27. The number of rotatable bonds is 5. The van der Waals surface area contributed by atoms with Crippen LogP contribution in [0.4, 0.5) is 0 Å². The van der Waals surface area contributed by atoms with Gasteiger partial charge in [-0.2, -0.15) is 0 Å². The van der Waals surface area contributed by atoms with E-state index < -0.39 is 5.97 Å². The van der Waals surface area contributed by atoms with E-state index in [2.05, 4.69) is 21.1 Å². The maximum atomic E-state index is 10.2. The number of carbonyl (C=O) groups is 1. The van der Waals surface area contributed by atoms with Crippen LogP contribution in [0.5, 0.6) is 0 Å². The highest BCUT2D eigenvalue weighted by molar-refractivity contribution is 5.67. The topological polar surface area (TPSA) is 57.5 Å². The second-order valence-corrected chi connectivity index (χ2v) is 5.12. The number of aliphatic hydroxyl groups is 1. The third-order valence-electron chi connectivity index (χ3n) is 2.24. The molecule has 0 saturated carbocycles. The van der Waals surface area contributed by atoms with E-state index >= 15 is 0 Å². The Morgan fingerprint density at radius 2 is 1.68 bits per heavy atom. The minimum atomic E-state index is -0.742. The largest absolute Gasteiger partial charge is 1.00 e. The summed E-state index contributed by atoms with van der Waals surface area (Å²) in [5.41, 5.74) is 1.08. The third-order valence-corrected chi connectivity index (χ3v) is 2.24. The second kappa shape index (κ2) is 10.8. The number of aliphatic carboxylic acids is 1. The van der Waals surface area contributed by atoms with Crippen LogP contribution < -0.4 is 12.4 Å². The standard InChI is InChI=1S/C9H10O2.C5H14NO.ClH/c10-9(11)7-6-8-4-2-1-3-5-8;1-6(2,3)4-5-7;/h1-5H,6-7H2,(H,10,11);7H,4-5H2,1-3H3;1H/q;+1;/p-1. The molecule has 19 heavy (non-hydrogen) atoms. The van der Waals surface area contributed by atoms with Crippen molar-refractivity contribution < 1.29 is 31.9 Å². The summed E-state index contributed by atoms with van der Waals surface area (Å²) >= 11 is 0. The van der Waals surface area contributed by atoms with Gasteiger partial charge in [0.15, 0.2) is 0 Å². The Hall–Kier alpha value is -1.10. The van der Waals surface area contributed by atoms with E-state index in [0.29, 0.717) is 6.42 Å². The van der Waals surface area contributed by atoms with Crippen LogP contribution >= 0.6 is 0 Å². The van der Waals surface area contributed by atoms with Crippen LogP contribution in [-0.2, 0) is 11.2 Å². The second-order valence-electron chi connectivity index (χ2n) is 5.12. The van der Waals surface area contributed by atoms with Gasteiger partial charge in [-0.3, -0.25) is 4.79 Å². The molecule has 0 aliphatic rings. The lowest BCUT2D eigenvalue weighted by Crippen LogP contribution is -3.00. The van der Waals surface area contributed by atoms with E-state index in [1.165, 1.54) is 0 Å². The molecule has 0 aliphatic heterocycles. The van der Waals surface area contributed by atoms with Crippen LogP contribution in [0.2, 0.25) is 0 Å². The molecule has 0 atom stereocenters. The molecule has 0 fully saturated rings. The molecule has 0 aromatic heterocycles. The van der Waals surface area contributed by atoms with Gasteiger partial charge < -0.3 is 27.1 Å². The van der Waals surface area contributed by atoms with Gasteiger partial charge >= 0.3 is 5.97 Å². The van der Waals surface area contributed by atoms with Crippen LogP contribution in [0.15, 0.2) is 30.3 Å². The van der Waals surface area contributed by atoms with Crippen molar-refractivity contribution in [3.05, 3.63) is 35.9 Å². The van der Waals surface area contributed by atoms with Gasteiger partial charge in [0.05, 0.1) is 27.7 Å². The normalized spacial score (nSPS) is 9.89. The summed E-state index contributed by atoms with van der Waals surface area (Å²) in [5, 5.41) is 16.8. The molecule has 1 aromatic rings. The predicted molar refractivity (Wildman–Crippen MR) is 72.4 cm³/mol. The van der Waals surface area contributed by atoms with Gasteiger partial charge in [0.1, 0.15) is 6.54 Å². The Morgan fingerprint density at radius 1 is 1.16 bits per heavy atom. The maximum absolute atomic E-state index is 10.2. The fourth-order valence-electron chi connectivity index (χ4n) is 1.20. The summed E-state index contributed by atoms with van der Waals surface area (Å²) in [6.07, 6.45) is 0.834. The van der Waals surface area contributed by atoms with E-state index in [1.54, 1.807) is 0 Å². The number of benzene rings is 1. The maximum Gasteiger partial charge on any atom is 0.303 e. The van der Waals surface area contributed by atoms with Crippen molar-refractivity contribution >= 4 is 5.97 Å². The van der Waals surface area contributed by atoms with E-state index in [0.717, 1.165) is 16.6 Å². The number of aliphatic hydroxyl groups excluding tert-OH is 1. The summed E-state index contributed by atoms with van der Waals surface area (Å²) in [6, 6.07) is 9.62. The minimum absolute atomic E-state index is 0. The fourth-order valence-corrected chi connectivity index (χ4v) is 1.20. The highest BCUT2D eigenvalue weighted by atomic mass is 35.5.